The number of rotatable bonds is 6. The van der Waals surface area contributed by atoms with Gasteiger partial charge in [0.05, 0.1) is 0 Å². The summed E-state index contributed by atoms with van der Waals surface area (Å²) in [6, 6.07) is 0.270. The van der Waals surface area contributed by atoms with Gasteiger partial charge in [-0.1, -0.05) is 27.7 Å². The summed E-state index contributed by atoms with van der Waals surface area (Å²) in [5.74, 6) is 3.25. The van der Waals surface area contributed by atoms with Crippen LogP contribution in [0, 0.1) is 23.7 Å². The maximum Gasteiger partial charge on any atom is 0.224 e. The first-order valence-corrected chi connectivity index (χ1v) is 10.5. The first kappa shape index (κ1) is 19.0. The first-order chi connectivity index (χ1) is 12.0. The van der Waals surface area contributed by atoms with Crippen molar-refractivity contribution in [3.8, 4) is 0 Å². The van der Waals surface area contributed by atoms with E-state index in [1.807, 2.05) is 4.68 Å². The number of piperidine rings is 2. The number of nitrogens with zero attached hydrogens (tertiary/aromatic N) is 5. The van der Waals surface area contributed by atoms with E-state index in [0.717, 1.165) is 24.4 Å². The topological polar surface area (TPSA) is 34.2 Å². The Morgan fingerprint density at radius 2 is 1.56 bits per heavy atom. The van der Waals surface area contributed by atoms with E-state index >= 15 is 0 Å². The Morgan fingerprint density at radius 1 is 0.920 bits per heavy atom. The monoisotopic (exact) mass is 348 g/mol. The average molecular weight is 349 g/mol. The zero-order chi connectivity index (χ0) is 17.8. The molecule has 5 heteroatoms. The minimum atomic E-state index is 0.270. The summed E-state index contributed by atoms with van der Waals surface area (Å²) >= 11 is 0. The third-order valence-corrected chi connectivity index (χ3v) is 6.45. The van der Waals surface area contributed by atoms with E-state index in [1.165, 1.54) is 58.4 Å². The van der Waals surface area contributed by atoms with E-state index in [1.54, 1.807) is 0 Å². The van der Waals surface area contributed by atoms with E-state index in [2.05, 4.69) is 54.0 Å². The largest absolute Gasteiger partial charge is 0.303 e. The van der Waals surface area contributed by atoms with Gasteiger partial charge in [-0.15, -0.1) is 4.68 Å². The van der Waals surface area contributed by atoms with Gasteiger partial charge in [-0.25, -0.2) is 0 Å². The van der Waals surface area contributed by atoms with Crippen LogP contribution in [-0.2, 0) is 0 Å². The Hall–Kier alpha value is -0.810. The third-order valence-electron chi connectivity index (χ3n) is 6.45. The molecule has 25 heavy (non-hydrogen) atoms. The molecule has 0 bridgehead atoms. The summed E-state index contributed by atoms with van der Waals surface area (Å²) in [7, 11) is 0. The molecule has 0 aliphatic carbocycles. The van der Waals surface area contributed by atoms with Gasteiger partial charge in [-0.05, 0) is 56.5 Å². The van der Waals surface area contributed by atoms with Crippen LogP contribution in [0.1, 0.15) is 53.4 Å². The molecule has 142 valence electrons. The van der Waals surface area contributed by atoms with Crippen molar-refractivity contribution in [2.24, 2.45) is 34.0 Å². The molecule has 0 aromatic rings. The molecule has 3 rings (SSSR count). The van der Waals surface area contributed by atoms with Crippen LogP contribution in [0.2, 0.25) is 0 Å². The maximum absolute atomic E-state index is 4.35. The van der Waals surface area contributed by atoms with Gasteiger partial charge >= 0.3 is 0 Å². The van der Waals surface area contributed by atoms with E-state index < -0.39 is 0 Å². The van der Waals surface area contributed by atoms with Gasteiger partial charge in [-0.2, -0.15) is 0 Å². The molecule has 0 N–H and O–H groups in total. The lowest BCUT2D eigenvalue weighted by Gasteiger charge is -2.38. The van der Waals surface area contributed by atoms with E-state index in [-0.39, 0.29) is 6.04 Å². The fraction of sp³-hybridized carbons (Fsp3) is 0.950. The van der Waals surface area contributed by atoms with Gasteiger partial charge in [0.15, 0.2) is 6.67 Å². The molecule has 0 aromatic heterocycles. The van der Waals surface area contributed by atoms with Gasteiger partial charge in [0.1, 0.15) is 11.4 Å². The molecule has 1 unspecified atom stereocenters. The highest BCUT2D eigenvalue weighted by Gasteiger charge is 2.29. The normalized spacial score (nSPS) is 27.6. The highest BCUT2D eigenvalue weighted by molar-refractivity contribution is 5.60. The Bertz CT molecular complexity index is 468. The predicted molar refractivity (Wildman–Crippen MR) is 103 cm³/mol. The second-order valence-electron chi connectivity index (χ2n) is 9.11. The molecule has 3 aliphatic rings. The quantitative estimate of drug-likeness (QED) is 0.688. The number of hydrogen-bond acceptors (Lipinski definition) is 4. The zero-order valence-corrected chi connectivity index (χ0v) is 16.8. The highest BCUT2D eigenvalue weighted by Crippen LogP contribution is 2.26. The minimum Gasteiger partial charge on any atom is -0.303 e. The smallest absolute Gasteiger partial charge is 0.224 e. The molecule has 0 saturated carbocycles. The van der Waals surface area contributed by atoms with Gasteiger partial charge in [-0.3, -0.25) is 4.90 Å². The van der Waals surface area contributed by atoms with Gasteiger partial charge in [0.25, 0.3) is 0 Å². The summed E-state index contributed by atoms with van der Waals surface area (Å²) in [5.41, 5.74) is 0. The Balaban J connectivity index is 1.35. The molecule has 1 atom stereocenters. The van der Waals surface area contributed by atoms with Crippen molar-refractivity contribution in [1.29, 1.82) is 0 Å². The SMILES string of the molecule is CC(C)C1CCN(CC2CCN(C[N+]3=CC(C(C)C)N=N3)CC2)CC1. The summed E-state index contributed by atoms with van der Waals surface area (Å²) < 4.78 is 2.04. The summed E-state index contributed by atoms with van der Waals surface area (Å²) in [6.45, 7) is 16.5. The van der Waals surface area contributed by atoms with Crippen LogP contribution in [0.5, 0.6) is 0 Å². The lowest BCUT2D eigenvalue weighted by Crippen LogP contribution is -2.43. The standard InChI is InChI=1S/C20H38N5/c1-16(2)19-7-11-23(12-8-19)13-18-5-9-24(10-6-18)15-25-14-20(17(3)4)21-22-25/h14,16-20H,5-13,15H2,1-4H3/q+1. The Kier molecular flexibility index (Phi) is 6.61. The molecular formula is C20H38N5+. The van der Waals surface area contributed by atoms with Gasteiger partial charge < -0.3 is 4.90 Å². The summed E-state index contributed by atoms with van der Waals surface area (Å²) in [6.07, 6.45) is 7.67. The maximum atomic E-state index is 4.35. The molecule has 0 aromatic carbocycles. The molecule has 2 saturated heterocycles. The van der Waals surface area contributed by atoms with Crippen LogP contribution in [-0.4, -0.2) is 66.1 Å². The van der Waals surface area contributed by atoms with Gasteiger partial charge in [0, 0.05) is 30.7 Å². The molecule has 3 aliphatic heterocycles. The first-order valence-electron chi connectivity index (χ1n) is 10.5. The van der Waals surface area contributed by atoms with Crippen LogP contribution in [0.4, 0.5) is 0 Å². The second kappa shape index (κ2) is 8.72. The lowest BCUT2D eigenvalue weighted by atomic mass is 9.86. The van der Waals surface area contributed by atoms with E-state index in [9.17, 15) is 0 Å². The van der Waals surface area contributed by atoms with Gasteiger partial charge in [0.2, 0.25) is 6.04 Å². The summed E-state index contributed by atoms with van der Waals surface area (Å²) in [4.78, 5) is 5.27. The molecule has 0 radical (unpaired) electrons. The molecule has 0 spiro atoms. The van der Waals surface area contributed by atoms with Crippen molar-refractivity contribution in [2.75, 3.05) is 39.4 Å². The zero-order valence-electron chi connectivity index (χ0n) is 16.8. The van der Waals surface area contributed by atoms with Crippen molar-refractivity contribution in [2.45, 2.75) is 59.4 Å². The molecule has 2 fully saturated rings. The number of likely N-dealkylation sites (tertiary alicyclic amines) is 2. The van der Waals surface area contributed by atoms with Crippen LogP contribution >= 0.6 is 0 Å². The van der Waals surface area contributed by atoms with Crippen molar-refractivity contribution in [1.82, 2.24) is 9.80 Å². The van der Waals surface area contributed by atoms with Crippen LogP contribution < -0.4 is 0 Å². The van der Waals surface area contributed by atoms with Crippen molar-refractivity contribution in [3.63, 3.8) is 0 Å². The minimum absolute atomic E-state index is 0.270. The molecular weight excluding hydrogens is 310 g/mol. The van der Waals surface area contributed by atoms with Crippen LogP contribution in [0.25, 0.3) is 0 Å². The fourth-order valence-corrected chi connectivity index (χ4v) is 4.43. The molecule has 3 heterocycles. The lowest BCUT2D eigenvalue weighted by molar-refractivity contribution is -0.553. The van der Waals surface area contributed by atoms with Crippen LogP contribution in [0.15, 0.2) is 10.3 Å². The fourth-order valence-electron chi connectivity index (χ4n) is 4.43. The number of hydrogen-bond donors (Lipinski definition) is 0. The average Bonchev–Trinajstić information content (AvgIpc) is 3.06. The second-order valence-corrected chi connectivity index (χ2v) is 9.11. The van der Waals surface area contributed by atoms with Crippen molar-refractivity contribution in [3.05, 3.63) is 0 Å². The predicted octanol–water partition coefficient (Wildman–Crippen LogP) is 3.51. The highest BCUT2D eigenvalue weighted by atomic mass is 15.5. The van der Waals surface area contributed by atoms with Crippen molar-refractivity contribution >= 4 is 6.21 Å². The molecule has 0 amide bonds. The van der Waals surface area contributed by atoms with E-state index in [0.29, 0.717) is 5.92 Å². The van der Waals surface area contributed by atoms with Crippen LogP contribution in [0.3, 0.4) is 0 Å². The Labute approximate surface area is 154 Å². The van der Waals surface area contributed by atoms with Crippen molar-refractivity contribution < 1.29 is 4.68 Å². The molecule has 5 nitrogen and oxygen atoms in total. The van der Waals surface area contributed by atoms with E-state index in [4.69, 9.17) is 0 Å². The Morgan fingerprint density at radius 3 is 2.12 bits per heavy atom. The summed E-state index contributed by atoms with van der Waals surface area (Å²) in [5, 5.41) is 8.67. The third kappa shape index (κ3) is 5.33.